The summed E-state index contributed by atoms with van der Waals surface area (Å²) in [6.45, 7) is 5.73. The summed E-state index contributed by atoms with van der Waals surface area (Å²) >= 11 is 0. The molecule has 0 bridgehead atoms. The molecule has 0 N–H and O–H groups in total. The number of ether oxygens (including phenoxy) is 3. The third-order valence-corrected chi connectivity index (χ3v) is 7.23. The highest BCUT2D eigenvalue weighted by molar-refractivity contribution is 5.16. The van der Waals surface area contributed by atoms with Crippen molar-refractivity contribution in [1.82, 2.24) is 14.8 Å². The zero-order valence-corrected chi connectivity index (χ0v) is 18.1. The van der Waals surface area contributed by atoms with Crippen LogP contribution in [0.25, 0.3) is 0 Å². The van der Waals surface area contributed by atoms with E-state index in [0.717, 1.165) is 38.5 Å². The van der Waals surface area contributed by atoms with Gasteiger partial charge in [0.05, 0.1) is 32.1 Å². The van der Waals surface area contributed by atoms with Gasteiger partial charge in [-0.25, -0.2) is 4.98 Å². The monoisotopic (exact) mass is 403 g/mol. The molecule has 6 nitrogen and oxygen atoms in total. The Morgan fingerprint density at radius 1 is 1.07 bits per heavy atom. The largest absolute Gasteiger partial charge is 0.481 e. The van der Waals surface area contributed by atoms with Crippen molar-refractivity contribution in [2.24, 2.45) is 0 Å². The molecule has 6 heteroatoms. The molecule has 2 aliphatic heterocycles. The predicted molar refractivity (Wildman–Crippen MR) is 113 cm³/mol. The standard InChI is InChI=1S/C23H37N3O3/c1-27-15-16-29-21-18-26(23(21)11-4-3-5-12-23)20-9-13-25(14-10-20)17-19-7-6-8-22(24-19)28-2/h6-8,20-21H,3-5,9-18H2,1-2H3. The first-order valence-corrected chi connectivity index (χ1v) is 11.3. The summed E-state index contributed by atoms with van der Waals surface area (Å²) in [5.41, 5.74) is 1.40. The van der Waals surface area contributed by atoms with Crippen molar-refractivity contribution in [3.63, 3.8) is 0 Å². The molecule has 0 radical (unpaired) electrons. The van der Waals surface area contributed by atoms with Gasteiger partial charge >= 0.3 is 0 Å². The molecule has 4 rings (SSSR count). The SMILES string of the molecule is COCCOC1CN(C2CCN(Cc3cccc(OC)n3)CC2)C12CCCCC2. The first-order valence-electron chi connectivity index (χ1n) is 11.3. The van der Waals surface area contributed by atoms with Gasteiger partial charge in [-0.15, -0.1) is 0 Å². The number of methoxy groups -OCH3 is 2. The smallest absolute Gasteiger partial charge is 0.213 e. The van der Waals surface area contributed by atoms with E-state index in [2.05, 4.69) is 20.9 Å². The fourth-order valence-corrected chi connectivity index (χ4v) is 5.65. The Morgan fingerprint density at radius 2 is 1.86 bits per heavy atom. The fraction of sp³-hybridized carbons (Fsp3) is 0.783. The molecule has 3 heterocycles. The van der Waals surface area contributed by atoms with Gasteiger partial charge in [0.25, 0.3) is 0 Å². The maximum atomic E-state index is 6.26. The molecule has 3 aliphatic rings. The second-order valence-corrected chi connectivity index (χ2v) is 8.85. The van der Waals surface area contributed by atoms with Crippen molar-refractivity contribution >= 4 is 0 Å². The molecule has 3 fully saturated rings. The highest BCUT2D eigenvalue weighted by atomic mass is 16.5. The summed E-state index contributed by atoms with van der Waals surface area (Å²) < 4.78 is 16.7. The van der Waals surface area contributed by atoms with Crippen molar-refractivity contribution in [2.45, 2.75) is 69.2 Å². The summed E-state index contributed by atoms with van der Waals surface area (Å²) in [7, 11) is 3.43. The second kappa shape index (κ2) is 9.73. The van der Waals surface area contributed by atoms with Crippen LogP contribution in [-0.4, -0.2) is 79.5 Å². The molecule has 1 aromatic rings. The second-order valence-electron chi connectivity index (χ2n) is 8.85. The van der Waals surface area contributed by atoms with E-state index in [-0.39, 0.29) is 0 Å². The van der Waals surface area contributed by atoms with E-state index in [4.69, 9.17) is 14.2 Å². The third kappa shape index (κ3) is 4.61. The average molecular weight is 404 g/mol. The van der Waals surface area contributed by atoms with E-state index in [0.29, 0.717) is 30.2 Å². The summed E-state index contributed by atoms with van der Waals surface area (Å²) in [6, 6.07) is 6.74. The normalized spacial score (nSPS) is 25.8. The molecule has 1 aliphatic carbocycles. The summed E-state index contributed by atoms with van der Waals surface area (Å²) in [4.78, 5) is 9.94. The highest BCUT2D eigenvalue weighted by Crippen LogP contribution is 2.47. The quantitative estimate of drug-likeness (QED) is 0.622. The minimum absolute atomic E-state index is 0.299. The highest BCUT2D eigenvalue weighted by Gasteiger charge is 2.56. The molecule has 162 valence electrons. The van der Waals surface area contributed by atoms with Gasteiger partial charge in [0.2, 0.25) is 5.88 Å². The Morgan fingerprint density at radius 3 is 2.59 bits per heavy atom. The number of pyridine rings is 1. The fourth-order valence-electron chi connectivity index (χ4n) is 5.65. The van der Waals surface area contributed by atoms with Crippen LogP contribution in [0, 0.1) is 0 Å². The van der Waals surface area contributed by atoms with E-state index in [1.807, 2.05) is 12.1 Å². The Labute approximate surface area is 175 Å². The van der Waals surface area contributed by atoms with Gasteiger partial charge < -0.3 is 14.2 Å². The Bertz CT molecular complexity index is 642. The molecule has 0 amide bonds. The van der Waals surface area contributed by atoms with Crippen molar-refractivity contribution in [3.05, 3.63) is 23.9 Å². The van der Waals surface area contributed by atoms with Crippen LogP contribution in [-0.2, 0) is 16.0 Å². The summed E-state index contributed by atoms with van der Waals surface area (Å²) in [6.07, 6.45) is 9.58. The Balaban J connectivity index is 1.31. The Kier molecular flexibility index (Phi) is 7.06. The van der Waals surface area contributed by atoms with Crippen LogP contribution in [0.4, 0.5) is 0 Å². The average Bonchev–Trinajstić information content (AvgIpc) is 2.77. The zero-order valence-electron chi connectivity index (χ0n) is 18.1. The lowest BCUT2D eigenvalue weighted by Crippen LogP contribution is -2.75. The Hall–Kier alpha value is -1.21. The molecule has 1 aromatic heterocycles. The van der Waals surface area contributed by atoms with Crippen LogP contribution in [0.2, 0.25) is 0 Å². The number of aromatic nitrogens is 1. The van der Waals surface area contributed by atoms with Gasteiger partial charge in [-0.2, -0.15) is 0 Å². The van der Waals surface area contributed by atoms with Crippen molar-refractivity contribution in [1.29, 1.82) is 0 Å². The van der Waals surface area contributed by atoms with E-state index < -0.39 is 0 Å². The molecule has 1 atom stereocenters. The van der Waals surface area contributed by atoms with E-state index in [1.54, 1.807) is 14.2 Å². The number of nitrogens with zero attached hydrogens (tertiary/aromatic N) is 3. The van der Waals surface area contributed by atoms with Crippen LogP contribution in [0.5, 0.6) is 5.88 Å². The zero-order chi connectivity index (χ0) is 20.1. The number of likely N-dealkylation sites (tertiary alicyclic amines) is 2. The molecule has 1 saturated carbocycles. The topological polar surface area (TPSA) is 47.1 Å². The number of piperidine rings is 1. The van der Waals surface area contributed by atoms with Gasteiger partial charge in [0, 0.05) is 50.9 Å². The predicted octanol–water partition coefficient (Wildman–Crippen LogP) is 3.10. The molecule has 1 spiro atoms. The number of hydrogen-bond acceptors (Lipinski definition) is 6. The lowest BCUT2D eigenvalue weighted by atomic mass is 9.69. The van der Waals surface area contributed by atoms with Gasteiger partial charge in [0.1, 0.15) is 0 Å². The minimum Gasteiger partial charge on any atom is -0.481 e. The van der Waals surface area contributed by atoms with Gasteiger partial charge in [-0.05, 0) is 31.7 Å². The first kappa shape index (κ1) is 21.0. The lowest BCUT2D eigenvalue weighted by molar-refractivity contribution is -0.204. The van der Waals surface area contributed by atoms with Crippen molar-refractivity contribution in [2.75, 3.05) is 47.1 Å². The first-order chi connectivity index (χ1) is 14.2. The summed E-state index contributed by atoms with van der Waals surface area (Å²) in [5, 5.41) is 0. The van der Waals surface area contributed by atoms with Crippen LogP contribution < -0.4 is 4.74 Å². The van der Waals surface area contributed by atoms with Crippen molar-refractivity contribution in [3.8, 4) is 5.88 Å². The van der Waals surface area contributed by atoms with E-state index in [9.17, 15) is 0 Å². The van der Waals surface area contributed by atoms with E-state index in [1.165, 1.54) is 44.9 Å². The molecule has 1 unspecified atom stereocenters. The van der Waals surface area contributed by atoms with Gasteiger partial charge in [-0.1, -0.05) is 25.3 Å². The molecule has 2 saturated heterocycles. The molecular weight excluding hydrogens is 366 g/mol. The third-order valence-electron chi connectivity index (χ3n) is 7.23. The van der Waals surface area contributed by atoms with E-state index >= 15 is 0 Å². The van der Waals surface area contributed by atoms with Crippen LogP contribution in [0.15, 0.2) is 18.2 Å². The minimum atomic E-state index is 0.299. The maximum Gasteiger partial charge on any atom is 0.213 e. The number of rotatable bonds is 8. The lowest BCUT2D eigenvalue weighted by Gasteiger charge is -2.63. The van der Waals surface area contributed by atoms with Crippen LogP contribution in [0.3, 0.4) is 0 Å². The molecule has 29 heavy (non-hydrogen) atoms. The van der Waals surface area contributed by atoms with Gasteiger partial charge in [0.15, 0.2) is 0 Å². The summed E-state index contributed by atoms with van der Waals surface area (Å²) in [5.74, 6) is 0.705. The number of hydrogen-bond donors (Lipinski definition) is 0. The van der Waals surface area contributed by atoms with Gasteiger partial charge in [-0.3, -0.25) is 9.80 Å². The molecular formula is C23H37N3O3. The van der Waals surface area contributed by atoms with Crippen LogP contribution in [0.1, 0.15) is 50.6 Å². The molecule has 0 aromatic carbocycles. The maximum absolute atomic E-state index is 6.26. The van der Waals surface area contributed by atoms with Crippen molar-refractivity contribution < 1.29 is 14.2 Å². The van der Waals surface area contributed by atoms with Crippen LogP contribution >= 0.6 is 0 Å².